The van der Waals surface area contributed by atoms with Gasteiger partial charge >= 0.3 is 0 Å². The Labute approximate surface area is 154 Å². The van der Waals surface area contributed by atoms with Crippen molar-refractivity contribution >= 4 is 36.6 Å². The number of rotatable bonds is 6. The monoisotopic (exact) mass is 368 g/mol. The molecule has 2 nitrogen and oxygen atoms in total. The van der Waals surface area contributed by atoms with E-state index in [1.165, 1.54) is 0 Å². The number of benzene rings is 3. The molecule has 0 aromatic heterocycles. The normalized spacial score (nSPS) is 11.9. The Hall–Kier alpha value is -1.99. The van der Waals surface area contributed by atoms with Crippen LogP contribution < -0.4 is 10.6 Å². The second-order valence-electron chi connectivity index (χ2n) is 5.66. The minimum atomic E-state index is -1.02. The van der Waals surface area contributed by atoms with Crippen molar-refractivity contribution in [3.8, 4) is 0 Å². The van der Waals surface area contributed by atoms with E-state index in [1.807, 2.05) is 67.6 Å². The molecule has 0 aliphatic carbocycles. The summed E-state index contributed by atoms with van der Waals surface area (Å²) in [5.74, 6) is 0. The predicted molar refractivity (Wildman–Crippen MR) is 105 cm³/mol. The molecule has 126 valence electrons. The first-order chi connectivity index (χ1) is 12.2. The lowest BCUT2D eigenvalue weighted by molar-refractivity contribution is 0.112. The Morgan fingerprint density at radius 1 is 0.960 bits per heavy atom. The van der Waals surface area contributed by atoms with Crippen LogP contribution in [-0.2, 0) is 11.1 Å². The van der Waals surface area contributed by atoms with Gasteiger partial charge in [-0.25, -0.2) is 0 Å². The van der Waals surface area contributed by atoms with Gasteiger partial charge in [-0.05, 0) is 30.2 Å². The maximum Gasteiger partial charge on any atom is 0.151 e. The molecule has 0 N–H and O–H groups in total. The second kappa shape index (κ2) is 8.40. The summed E-state index contributed by atoms with van der Waals surface area (Å²) in [5, 5.41) is 2.59. The van der Waals surface area contributed by atoms with E-state index in [4.69, 9.17) is 16.1 Å². The molecule has 0 aliphatic rings. The lowest BCUT2D eigenvalue weighted by Crippen LogP contribution is -2.15. The molecule has 0 spiro atoms. The number of carbonyl (C=O) groups excluding carboxylic acids is 1. The van der Waals surface area contributed by atoms with Crippen molar-refractivity contribution in [1.82, 2.24) is 0 Å². The largest absolute Gasteiger partial charge is 0.345 e. The fraction of sp³-hybridized carbons (Fsp3) is 0.0952. The van der Waals surface area contributed by atoms with Crippen molar-refractivity contribution in [2.45, 2.75) is 13.5 Å². The number of aryl methyl sites for hydroxylation is 1. The van der Waals surface area contributed by atoms with E-state index in [-0.39, 0.29) is 0 Å². The van der Waals surface area contributed by atoms with Gasteiger partial charge in [-0.1, -0.05) is 72.3 Å². The van der Waals surface area contributed by atoms with E-state index in [2.05, 4.69) is 12.1 Å². The summed E-state index contributed by atoms with van der Waals surface area (Å²) in [6.07, 6.45) is 0.803. The zero-order valence-corrected chi connectivity index (χ0v) is 15.5. The van der Waals surface area contributed by atoms with Crippen molar-refractivity contribution in [1.29, 1.82) is 0 Å². The molecule has 3 aromatic carbocycles. The molecule has 0 aliphatic heterocycles. The van der Waals surface area contributed by atoms with Crippen LogP contribution in [0, 0.1) is 6.92 Å². The van der Waals surface area contributed by atoms with Gasteiger partial charge in [-0.2, -0.15) is 0 Å². The van der Waals surface area contributed by atoms with Gasteiger partial charge in [0.15, 0.2) is 6.29 Å². The Bertz CT molecular complexity index is 827. The highest BCUT2D eigenvalue weighted by molar-refractivity contribution is 7.68. The Morgan fingerprint density at radius 2 is 1.60 bits per heavy atom. The van der Waals surface area contributed by atoms with Crippen molar-refractivity contribution < 1.29 is 9.32 Å². The van der Waals surface area contributed by atoms with Gasteiger partial charge in [-0.15, -0.1) is 0 Å². The summed E-state index contributed by atoms with van der Waals surface area (Å²) in [6.45, 7) is 2.42. The van der Waals surface area contributed by atoms with Crippen molar-refractivity contribution in [3.05, 3.63) is 94.5 Å². The van der Waals surface area contributed by atoms with Crippen LogP contribution in [0.25, 0.3) is 0 Å². The van der Waals surface area contributed by atoms with Crippen LogP contribution in [0.3, 0.4) is 0 Å². The SMILES string of the molecule is Cc1cc(P(OCc2ccccc2)c2ccccc2)cc(Cl)c1C=O. The maximum absolute atomic E-state index is 11.2. The van der Waals surface area contributed by atoms with Gasteiger partial charge in [0, 0.05) is 16.2 Å². The molecule has 3 rings (SSSR count). The van der Waals surface area contributed by atoms with Crippen LogP contribution in [0.1, 0.15) is 21.5 Å². The highest BCUT2D eigenvalue weighted by Gasteiger charge is 2.18. The topological polar surface area (TPSA) is 26.3 Å². The summed E-state index contributed by atoms with van der Waals surface area (Å²) in [6, 6.07) is 24.1. The van der Waals surface area contributed by atoms with E-state index in [0.29, 0.717) is 17.2 Å². The van der Waals surface area contributed by atoms with Gasteiger partial charge in [0.1, 0.15) is 0 Å². The number of halogens is 1. The van der Waals surface area contributed by atoms with Crippen LogP contribution >= 0.6 is 19.7 Å². The molecule has 4 heteroatoms. The number of aldehydes is 1. The number of carbonyl (C=O) groups is 1. The quantitative estimate of drug-likeness (QED) is 0.451. The molecule has 0 radical (unpaired) electrons. The summed E-state index contributed by atoms with van der Waals surface area (Å²) in [7, 11) is -1.02. The van der Waals surface area contributed by atoms with Gasteiger partial charge in [0.25, 0.3) is 0 Å². The Balaban J connectivity index is 1.95. The van der Waals surface area contributed by atoms with Crippen molar-refractivity contribution in [2.75, 3.05) is 0 Å². The van der Waals surface area contributed by atoms with Crippen molar-refractivity contribution in [2.24, 2.45) is 0 Å². The molecule has 0 amide bonds. The fourth-order valence-corrected chi connectivity index (χ4v) is 4.84. The molecular formula is C21H18ClO2P. The van der Waals surface area contributed by atoms with E-state index in [1.54, 1.807) is 0 Å². The average molecular weight is 369 g/mol. The summed E-state index contributed by atoms with van der Waals surface area (Å²) >= 11 is 6.31. The van der Waals surface area contributed by atoms with Crippen molar-refractivity contribution in [3.63, 3.8) is 0 Å². The smallest absolute Gasteiger partial charge is 0.151 e. The first-order valence-electron chi connectivity index (χ1n) is 7.96. The molecule has 1 atom stereocenters. The van der Waals surface area contributed by atoms with E-state index in [0.717, 1.165) is 28.0 Å². The Kier molecular flexibility index (Phi) is 5.99. The second-order valence-corrected chi connectivity index (χ2v) is 7.95. The van der Waals surface area contributed by atoms with Crippen LogP contribution in [0.2, 0.25) is 5.02 Å². The molecule has 0 fully saturated rings. The summed E-state index contributed by atoms with van der Waals surface area (Å²) in [5.41, 5.74) is 2.53. The lowest BCUT2D eigenvalue weighted by Gasteiger charge is -2.20. The zero-order chi connectivity index (χ0) is 17.6. The summed E-state index contributed by atoms with van der Waals surface area (Å²) in [4.78, 5) is 11.2. The maximum atomic E-state index is 11.2. The first kappa shape index (κ1) is 17.8. The van der Waals surface area contributed by atoms with E-state index in [9.17, 15) is 4.79 Å². The van der Waals surface area contributed by atoms with Crippen LogP contribution in [0.5, 0.6) is 0 Å². The molecule has 0 saturated heterocycles. The van der Waals surface area contributed by atoms with Gasteiger partial charge in [0.05, 0.1) is 19.8 Å². The molecule has 0 saturated carbocycles. The van der Waals surface area contributed by atoms with Crippen LogP contribution in [-0.4, -0.2) is 6.29 Å². The van der Waals surface area contributed by atoms with Gasteiger partial charge in [-0.3, -0.25) is 4.79 Å². The molecule has 0 heterocycles. The highest BCUT2D eigenvalue weighted by Crippen LogP contribution is 2.37. The molecule has 0 bridgehead atoms. The molecule has 3 aromatic rings. The van der Waals surface area contributed by atoms with Gasteiger partial charge in [0.2, 0.25) is 0 Å². The standard InChI is InChI=1S/C21H18ClO2P/c1-16-12-19(13-21(22)20(16)14-23)25(18-10-6-3-7-11-18)24-15-17-8-4-2-5-9-17/h2-14H,15H2,1H3. The third kappa shape index (κ3) is 4.35. The highest BCUT2D eigenvalue weighted by atomic mass is 35.5. The van der Waals surface area contributed by atoms with Gasteiger partial charge < -0.3 is 4.52 Å². The Morgan fingerprint density at radius 3 is 2.20 bits per heavy atom. The predicted octanol–water partition coefficient (Wildman–Crippen LogP) is 5.03. The molecule has 1 unspecified atom stereocenters. The number of hydrogen-bond donors (Lipinski definition) is 0. The fourth-order valence-electron chi connectivity index (χ4n) is 2.58. The minimum Gasteiger partial charge on any atom is -0.345 e. The third-order valence-corrected chi connectivity index (χ3v) is 6.06. The van der Waals surface area contributed by atoms with E-state index < -0.39 is 8.15 Å². The van der Waals surface area contributed by atoms with Crippen LogP contribution in [0.15, 0.2) is 72.8 Å². The first-order valence-corrected chi connectivity index (χ1v) is 9.60. The van der Waals surface area contributed by atoms with E-state index >= 15 is 0 Å². The number of hydrogen-bond acceptors (Lipinski definition) is 2. The molecular weight excluding hydrogens is 351 g/mol. The average Bonchev–Trinajstić information content (AvgIpc) is 2.63. The molecule has 25 heavy (non-hydrogen) atoms. The zero-order valence-electron chi connectivity index (χ0n) is 13.9. The third-order valence-electron chi connectivity index (χ3n) is 3.87. The minimum absolute atomic E-state index is 0.469. The lowest BCUT2D eigenvalue weighted by atomic mass is 10.1. The van der Waals surface area contributed by atoms with Crippen LogP contribution in [0.4, 0.5) is 0 Å². The summed E-state index contributed by atoms with van der Waals surface area (Å²) < 4.78 is 6.30.